The zero-order chi connectivity index (χ0) is 9.52. The molecule has 0 bridgehead atoms. The van der Waals surface area contributed by atoms with Crippen LogP contribution in [0.15, 0.2) is 0 Å². The van der Waals surface area contributed by atoms with Crippen molar-refractivity contribution in [2.45, 2.75) is 39.0 Å². The molecular weight excluding hydrogens is 178 g/mol. The first-order valence-electron chi connectivity index (χ1n) is 5.70. The predicted octanol–water partition coefficient (Wildman–Crippen LogP) is 2.82. The summed E-state index contributed by atoms with van der Waals surface area (Å²) in [6.07, 6.45) is 6.91. The maximum atomic E-state index is 4.38. The third kappa shape index (κ3) is 4.37. The van der Waals surface area contributed by atoms with Gasteiger partial charge in [0.2, 0.25) is 0 Å². The molecule has 1 atom stereocenters. The predicted molar refractivity (Wildman–Crippen MR) is 62.5 cm³/mol. The summed E-state index contributed by atoms with van der Waals surface area (Å²) in [5.74, 6) is 1.90. The molecule has 1 aliphatic rings. The molecule has 1 nitrogen and oxygen atoms in total. The van der Waals surface area contributed by atoms with Crippen molar-refractivity contribution in [3.63, 3.8) is 0 Å². The standard InChI is InChI=1S/C11H23NS/c1-2-11(10-13)6-9-12-7-4-3-5-8-12/h11,13H,2-10H2,1H3. The second kappa shape index (κ2) is 6.72. The Morgan fingerprint density at radius 2 is 1.92 bits per heavy atom. The smallest absolute Gasteiger partial charge is 0.00158 e. The highest BCUT2D eigenvalue weighted by Crippen LogP contribution is 2.14. The van der Waals surface area contributed by atoms with Crippen molar-refractivity contribution >= 4 is 12.6 Å². The summed E-state index contributed by atoms with van der Waals surface area (Å²) in [4.78, 5) is 2.62. The van der Waals surface area contributed by atoms with E-state index in [1.807, 2.05) is 0 Å². The lowest BCUT2D eigenvalue weighted by molar-refractivity contribution is 0.215. The summed E-state index contributed by atoms with van der Waals surface area (Å²) in [6.45, 7) is 6.25. The van der Waals surface area contributed by atoms with Gasteiger partial charge in [-0.2, -0.15) is 12.6 Å². The van der Waals surface area contributed by atoms with Crippen molar-refractivity contribution in [1.29, 1.82) is 0 Å². The highest BCUT2D eigenvalue weighted by molar-refractivity contribution is 7.80. The summed E-state index contributed by atoms with van der Waals surface area (Å²) in [5.41, 5.74) is 0. The van der Waals surface area contributed by atoms with Crippen molar-refractivity contribution in [2.75, 3.05) is 25.4 Å². The molecule has 13 heavy (non-hydrogen) atoms. The first-order valence-corrected chi connectivity index (χ1v) is 6.33. The monoisotopic (exact) mass is 201 g/mol. The van der Waals surface area contributed by atoms with E-state index in [1.54, 1.807) is 0 Å². The summed E-state index contributed by atoms with van der Waals surface area (Å²) >= 11 is 4.38. The maximum Gasteiger partial charge on any atom is -0.00158 e. The second-order valence-corrected chi connectivity index (χ2v) is 4.51. The molecule has 1 aliphatic heterocycles. The minimum Gasteiger partial charge on any atom is -0.303 e. The van der Waals surface area contributed by atoms with Gasteiger partial charge in [-0.3, -0.25) is 0 Å². The van der Waals surface area contributed by atoms with Gasteiger partial charge >= 0.3 is 0 Å². The van der Waals surface area contributed by atoms with Crippen molar-refractivity contribution in [3.8, 4) is 0 Å². The van der Waals surface area contributed by atoms with E-state index in [0.717, 1.165) is 11.7 Å². The van der Waals surface area contributed by atoms with E-state index in [2.05, 4.69) is 24.5 Å². The molecule has 0 aliphatic carbocycles. The molecule has 2 heteroatoms. The minimum absolute atomic E-state index is 0.838. The van der Waals surface area contributed by atoms with Crippen LogP contribution >= 0.6 is 12.6 Å². The third-order valence-electron chi connectivity index (χ3n) is 3.14. The summed E-state index contributed by atoms with van der Waals surface area (Å²) in [5, 5.41) is 0. The molecule has 0 saturated carbocycles. The Labute approximate surface area is 88.3 Å². The lowest BCUT2D eigenvalue weighted by atomic mass is 10.0. The van der Waals surface area contributed by atoms with Crippen LogP contribution in [0.4, 0.5) is 0 Å². The summed E-state index contributed by atoms with van der Waals surface area (Å²) in [6, 6.07) is 0. The van der Waals surface area contributed by atoms with Crippen LogP contribution in [-0.4, -0.2) is 30.3 Å². The van der Waals surface area contributed by atoms with E-state index in [4.69, 9.17) is 0 Å². The Morgan fingerprint density at radius 1 is 1.23 bits per heavy atom. The van der Waals surface area contributed by atoms with Gasteiger partial charge in [0.15, 0.2) is 0 Å². The van der Waals surface area contributed by atoms with Crippen molar-refractivity contribution in [3.05, 3.63) is 0 Å². The van der Waals surface area contributed by atoms with Gasteiger partial charge in [0.05, 0.1) is 0 Å². The minimum atomic E-state index is 0.838. The van der Waals surface area contributed by atoms with E-state index < -0.39 is 0 Å². The van der Waals surface area contributed by atoms with Gasteiger partial charge in [0.1, 0.15) is 0 Å². The average molecular weight is 201 g/mol. The molecule has 1 saturated heterocycles. The lowest BCUT2D eigenvalue weighted by Crippen LogP contribution is -2.31. The summed E-state index contributed by atoms with van der Waals surface area (Å²) in [7, 11) is 0. The first kappa shape index (κ1) is 11.4. The van der Waals surface area contributed by atoms with Crippen LogP contribution in [0, 0.1) is 5.92 Å². The molecule has 0 spiro atoms. The topological polar surface area (TPSA) is 3.24 Å². The van der Waals surface area contributed by atoms with E-state index in [-0.39, 0.29) is 0 Å². The Hall–Kier alpha value is 0.310. The van der Waals surface area contributed by atoms with Gasteiger partial charge in [0, 0.05) is 0 Å². The van der Waals surface area contributed by atoms with Crippen LogP contribution < -0.4 is 0 Å². The number of thiol groups is 1. The fourth-order valence-electron chi connectivity index (χ4n) is 1.97. The lowest BCUT2D eigenvalue weighted by Gasteiger charge is -2.27. The third-order valence-corrected chi connectivity index (χ3v) is 3.65. The first-order chi connectivity index (χ1) is 6.36. The number of hydrogen-bond donors (Lipinski definition) is 1. The van der Waals surface area contributed by atoms with E-state index >= 15 is 0 Å². The number of nitrogens with zero attached hydrogens (tertiary/aromatic N) is 1. The second-order valence-electron chi connectivity index (χ2n) is 4.15. The molecule has 0 amide bonds. The van der Waals surface area contributed by atoms with Gasteiger partial charge in [-0.25, -0.2) is 0 Å². The quantitative estimate of drug-likeness (QED) is 0.669. The molecule has 0 aromatic carbocycles. The van der Waals surface area contributed by atoms with Crippen molar-refractivity contribution in [1.82, 2.24) is 4.90 Å². The molecule has 0 aromatic heterocycles. The van der Waals surface area contributed by atoms with Gasteiger partial charge < -0.3 is 4.90 Å². The fraction of sp³-hybridized carbons (Fsp3) is 1.00. The Morgan fingerprint density at radius 3 is 2.46 bits per heavy atom. The van der Waals surface area contributed by atoms with Crippen LogP contribution in [0.3, 0.4) is 0 Å². The molecule has 78 valence electrons. The van der Waals surface area contributed by atoms with Crippen molar-refractivity contribution < 1.29 is 0 Å². The van der Waals surface area contributed by atoms with Crippen LogP contribution in [0.2, 0.25) is 0 Å². The SMILES string of the molecule is CCC(CS)CCN1CCCCC1. The number of piperidine rings is 1. The molecule has 1 unspecified atom stereocenters. The van der Waals surface area contributed by atoms with E-state index in [0.29, 0.717) is 0 Å². The van der Waals surface area contributed by atoms with Gasteiger partial charge in [-0.05, 0) is 50.6 Å². The zero-order valence-corrected chi connectivity index (χ0v) is 9.73. The molecule has 0 aromatic rings. The molecule has 0 N–H and O–H groups in total. The molecule has 1 heterocycles. The normalized spacial score (nSPS) is 21.7. The molecule has 1 fully saturated rings. The molecular formula is C11H23NS. The fourth-order valence-corrected chi connectivity index (χ4v) is 2.41. The van der Waals surface area contributed by atoms with Gasteiger partial charge in [-0.1, -0.05) is 19.8 Å². The van der Waals surface area contributed by atoms with Crippen molar-refractivity contribution in [2.24, 2.45) is 5.92 Å². The zero-order valence-electron chi connectivity index (χ0n) is 8.84. The maximum absolute atomic E-state index is 4.38. The Kier molecular flexibility index (Phi) is 5.88. The highest BCUT2D eigenvalue weighted by Gasteiger charge is 2.11. The highest BCUT2D eigenvalue weighted by atomic mass is 32.1. The van der Waals surface area contributed by atoms with Crippen LogP contribution in [0.1, 0.15) is 39.0 Å². The average Bonchev–Trinajstić information content (AvgIpc) is 2.21. The Bertz CT molecular complexity index is 117. The van der Waals surface area contributed by atoms with Gasteiger partial charge in [-0.15, -0.1) is 0 Å². The van der Waals surface area contributed by atoms with Crippen LogP contribution in [0.5, 0.6) is 0 Å². The Balaban J connectivity index is 2.09. The molecule has 0 radical (unpaired) electrons. The van der Waals surface area contributed by atoms with E-state index in [9.17, 15) is 0 Å². The summed E-state index contributed by atoms with van der Waals surface area (Å²) < 4.78 is 0. The number of rotatable bonds is 5. The number of hydrogen-bond acceptors (Lipinski definition) is 2. The molecule has 1 rings (SSSR count). The van der Waals surface area contributed by atoms with Crippen LogP contribution in [-0.2, 0) is 0 Å². The van der Waals surface area contributed by atoms with E-state index in [1.165, 1.54) is 51.7 Å². The number of likely N-dealkylation sites (tertiary alicyclic amines) is 1. The van der Waals surface area contributed by atoms with Gasteiger partial charge in [0.25, 0.3) is 0 Å². The van der Waals surface area contributed by atoms with Crippen LogP contribution in [0.25, 0.3) is 0 Å². The largest absolute Gasteiger partial charge is 0.303 e.